The first-order valence-corrected chi connectivity index (χ1v) is 8.64. The first-order valence-electron chi connectivity index (χ1n) is 8.64. The first kappa shape index (κ1) is 21.1. The van der Waals surface area contributed by atoms with Crippen LogP contribution >= 0.6 is 0 Å². The van der Waals surface area contributed by atoms with Gasteiger partial charge in [0.15, 0.2) is 5.75 Å². The number of anilines is 1. The largest absolute Gasteiger partial charge is 0.455 e. The van der Waals surface area contributed by atoms with Gasteiger partial charge in [0.1, 0.15) is 5.75 Å². The lowest BCUT2D eigenvalue weighted by Crippen LogP contribution is -2.23. The number of ether oxygens (including phenoxy) is 1. The van der Waals surface area contributed by atoms with E-state index in [4.69, 9.17) is 9.84 Å². The number of rotatable bonds is 7. The van der Waals surface area contributed by atoms with E-state index in [0.29, 0.717) is 5.75 Å². The minimum Gasteiger partial charge on any atom is -0.455 e. The molecule has 0 aromatic heterocycles. The molecule has 2 aromatic rings. The van der Waals surface area contributed by atoms with E-state index in [-0.39, 0.29) is 23.9 Å². The minimum atomic E-state index is -4.50. The van der Waals surface area contributed by atoms with Crippen LogP contribution in [0.3, 0.4) is 0 Å². The summed E-state index contributed by atoms with van der Waals surface area (Å²) in [5.74, 6) is 0.943. The summed E-state index contributed by atoms with van der Waals surface area (Å²) in [6.07, 6.45) is -5.60. The Morgan fingerprint density at radius 3 is 2.37 bits per heavy atom. The molecule has 0 amide bonds. The van der Waals surface area contributed by atoms with Crippen molar-refractivity contribution in [3.63, 3.8) is 0 Å². The molecular formula is C20H24F3NO3. The average Bonchev–Trinajstić information content (AvgIpc) is 2.59. The van der Waals surface area contributed by atoms with E-state index >= 15 is 0 Å². The molecule has 0 heterocycles. The summed E-state index contributed by atoms with van der Waals surface area (Å²) < 4.78 is 45.1. The third-order valence-corrected chi connectivity index (χ3v) is 4.06. The number of hydrogen-bond acceptors (Lipinski definition) is 4. The lowest BCUT2D eigenvalue weighted by molar-refractivity contribution is -0.137. The number of alkyl halides is 3. The molecule has 4 nitrogen and oxygen atoms in total. The Labute approximate surface area is 156 Å². The highest BCUT2D eigenvalue weighted by Crippen LogP contribution is 2.38. The van der Waals surface area contributed by atoms with E-state index in [9.17, 15) is 18.3 Å². The molecule has 0 aliphatic carbocycles. The molecule has 0 bridgehead atoms. The predicted molar refractivity (Wildman–Crippen MR) is 98.4 cm³/mol. The molecular weight excluding hydrogens is 359 g/mol. The Morgan fingerprint density at radius 1 is 1.07 bits per heavy atom. The maximum atomic E-state index is 13.1. The molecule has 0 saturated carbocycles. The maximum absolute atomic E-state index is 13.1. The number of aliphatic hydroxyl groups is 2. The van der Waals surface area contributed by atoms with Crippen molar-refractivity contribution in [2.45, 2.75) is 39.0 Å². The standard InChI is InChI=1S/C20H24F3NO3/c1-12(2)16-6-4-13(3)8-19(16)27-18-7-5-14(20(21,22)23)9-17(18)24-10-15(26)11-25/h4-9,12,15,24-26H,10-11H2,1-3H3. The van der Waals surface area contributed by atoms with Gasteiger partial charge in [0.25, 0.3) is 0 Å². The van der Waals surface area contributed by atoms with E-state index < -0.39 is 24.5 Å². The van der Waals surface area contributed by atoms with Crippen molar-refractivity contribution < 1.29 is 28.1 Å². The van der Waals surface area contributed by atoms with Gasteiger partial charge in [-0.05, 0) is 48.2 Å². The highest BCUT2D eigenvalue weighted by Gasteiger charge is 2.31. The van der Waals surface area contributed by atoms with Gasteiger partial charge in [-0.3, -0.25) is 0 Å². The van der Waals surface area contributed by atoms with Crippen LogP contribution < -0.4 is 10.1 Å². The quantitative estimate of drug-likeness (QED) is 0.649. The molecule has 1 atom stereocenters. The van der Waals surface area contributed by atoms with Crippen molar-refractivity contribution in [3.05, 3.63) is 53.1 Å². The van der Waals surface area contributed by atoms with Crippen LogP contribution in [-0.4, -0.2) is 29.5 Å². The van der Waals surface area contributed by atoms with Gasteiger partial charge in [-0.2, -0.15) is 13.2 Å². The number of nitrogens with one attached hydrogen (secondary N) is 1. The van der Waals surface area contributed by atoms with Crippen molar-refractivity contribution in [3.8, 4) is 11.5 Å². The number of aryl methyl sites for hydroxylation is 1. The van der Waals surface area contributed by atoms with Gasteiger partial charge in [0.2, 0.25) is 0 Å². The Hall–Kier alpha value is -2.25. The normalized spacial score (nSPS) is 12.9. The van der Waals surface area contributed by atoms with E-state index in [1.165, 1.54) is 6.07 Å². The Balaban J connectivity index is 2.42. The van der Waals surface area contributed by atoms with Crippen LogP contribution in [0.4, 0.5) is 18.9 Å². The highest BCUT2D eigenvalue weighted by molar-refractivity contribution is 5.60. The lowest BCUT2D eigenvalue weighted by atomic mass is 10.0. The van der Waals surface area contributed by atoms with Crippen LogP contribution in [0, 0.1) is 6.92 Å². The lowest BCUT2D eigenvalue weighted by Gasteiger charge is -2.19. The van der Waals surface area contributed by atoms with E-state index in [2.05, 4.69) is 5.32 Å². The molecule has 2 aromatic carbocycles. The SMILES string of the molecule is Cc1ccc(C(C)C)c(Oc2ccc(C(F)(F)F)cc2NCC(O)CO)c1. The van der Waals surface area contributed by atoms with Gasteiger partial charge >= 0.3 is 6.18 Å². The zero-order chi connectivity index (χ0) is 20.2. The highest BCUT2D eigenvalue weighted by atomic mass is 19.4. The van der Waals surface area contributed by atoms with Crippen LogP contribution in [0.5, 0.6) is 11.5 Å². The van der Waals surface area contributed by atoms with E-state index in [1.54, 1.807) is 0 Å². The van der Waals surface area contributed by atoms with Gasteiger partial charge in [0.05, 0.1) is 24.0 Å². The molecule has 27 heavy (non-hydrogen) atoms. The van der Waals surface area contributed by atoms with Crippen molar-refractivity contribution in [2.24, 2.45) is 0 Å². The Morgan fingerprint density at radius 2 is 1.78 bits per heavy atom. The monoisotopic (exact) mass is 383 g/mol. The van der Waals surface area contributed by atoms with E-state index in [0.717, 1.165) is 23.3 Å². The molecule has 0 radical (unpaired) electrons. The third kappa shape index (κ3) is 5.61. The molecule has 0 saturated heterocycles. The van der Waals surface area contributed by atoms with Crippen LogP contribution in [0.15, 0.2) is 36.4 Å². The van der Waals surface area contributed by atoms with Gasteiger partial charge in [-0.25, -0.2) is 0 Å². The fourth-order valence-corrected chi connectivity index (χ4v) is 2.55. The summed E-state index contributed by atoms with van der Waals surface area (Å²) >= 11 is 0. The molecule has 1 unspecified atom stereocenters. The second-order valence-corrected chi connectivity index (χ2v) is 6.72. The average molecular weight is 383 g/mol. The molecule has 0 spiro atoms. The molecule has 7 heteroatoms. The Bertz CT molecular complexity index is 776. The number of aliphatic hydroxyl groups excluding tert-OH is 2. The number of halogens is 3. The van der Waals surface area contributed by atoms with Crippen molar-refractivity contribution in [1.82, 2.24) is 0 Å². The second kappa shape index (κ2) is 8.63. The van der Waals surface area contributed by atoms with Crippen LogP contribution in [0.2, 0.25) is 0 Å². The predicted octanol–water partition coefficient (Wildman–Crippen LogP) is 4.69. The zero-order valence-corrected chi connectivity index (χ0v) is 15.5. The minimum absolute atomic E-state index is 0.0912. The summed E-state index contributed by atoms with van der Waals surface area (Å²) in [6, 6.07) is 8.86. The zero-order valence-electron chi connectivity index (χ0n) is 15.5. The number of hydrogen-bond donors (Lipinski definition) is 3. The fraction of sp³-hybridized carbons (Fsp3) is 0.400. The third-order valence-electron chi connectivity index (χ3n) is 4.06. The molecule has 0 aliphatic rings. The smallest absolute Gasteiger partial charge is 0.416 e. The van der Waals surface area contributed by atoms with Crippen molar-refractivity contribution in [2.75, 3.05) is 18.5 Å². The Kier molecular flexibility index (Phi) is 6.73. The molecule has 0 fully saturated rings. The van der Waals surface area contributed by atoms with Crippen LogP contribution in [-0.2, 0) is 6.18 Å². The number of benzene rings is 2. The van der Waals surface area contributed by atoms with Gasteiger partial charge in [-0.15, -0.1) is 0 Å². The fourth-order valence-electron chi connectivity index (χ4n) is 2.55. The van der Waals surface area contributed by atoms with Crippen molar-refractivity contribution in [1.29, 1.82) is 0 Å². The molecule has 3 N–H and O–H groups in total. The van der Waals surface area contributed by atoms with Crippen molar-refractivity contribution >= 4 is 5.69 Å². The molecule has 148 valence electrons. The van der Waals surface area contributed by atoms with Crippen LogP contribution in [0.25, 0.3) is 0 Å². The summed E-state index contributed by atoms with van der Waals surface area (Å²) in [6.45, 7) is 5.29. The van der Waals surface area contributed by atoms with Gasteiger partial charge < -0.3 is 20.3 Å². The maximum Gasteiger partial charge on any atom is 0.416 e. The summed E-state index contributed by atoms with van der Waals surface area (Å²) in [5, 5.41) is 21.2. The second-order valence-electron chi connectivity index (χ2n) is 6.72. The first-order chi connectivity index (χ1) is 12.6. The summed E-state index contributed by atoms with van der Waals surface area (Å²) in [4.78, 5) is 0. The molecule has 0 aliphatic heterocycles. The summed E-state index contributed by atoms with van der Waals surface area (Å²) in [5.41, 5.74) is 1.16. The van der Waals surface area contributed by atoms with E-state index in [1.807, 2.05) is 39.0 Å². The van der Waals surface area contributed by atoms with Gasteiger partial charge in [0, 0.05) is 6.54 Å². The summed E-state index contributed by atoms with van der Waals surface area (Å²) in [7, 11) is 0. The van der Waals surface area contributed by atoms with Crippen LogP contribution in [0.1, 0.15) is 36.5 Å². The molecule has 2 rings (SSSR count). The van der Waals surface area contributed by atoms with Gasteiger partial charge in [-0.1, -0.05) is 26.0 Å². The topological polar surface area (TPSA) is 61.7 Å².